The normalized spacial score (nSPS) is 11.4. The van der Waals surface area contributed by atoms with Crippen molar-refractivity contribution in [3.8, 4) is 0 Å². The molecule has 0 aromatic heterocycles. The summed E-state index contributed by atoms with van der Waals surface area (Å²) in [5, 5.41) is 10.9. The smallest absolute Gasteiger partial charge is 0.291 e. The second kappa shape index (κ2) is 6.09. The number of nitro groups is 1. The van der Waals surface area contributed by atoms with Crippen LogP contribution in [0.3, 0.4) is 0 Å². The number of nitro benzene ring substituents is 1. The molecule has 0 aliphatic heterocycles. The van der Waals surface area contributed by atoms with Crippen LogP contribution in [0.15, 0.2) is 24.3 Å². The molecule has 0 amide bonds. The maximum absolute atomic E-state index is 13.3. The second-order valence-electron chi connectivity index (χ2n) is 4.80. The van der Waals surface area contributed by atoms with Gasteiger partial charge in [-0.25, -0.2) is 0 Å². The van der Waals surface area contributed by atoms with Crippen molar-refractivity contribution in [1.29, 1.82) is 0 Å². The summed E-state index contributed by atoms with van der Waals surface area (Å²) in [5.41, 5.74) is 1.49. The molecule has 6 heteroatoms. The van der Waals surface area contributed by atoms with Crippen molar-refractivity contribution in [3.63, 3.8) is 0 Å². The largest absolute Gasteiger partial charge is 0.370 e. The Morgan fingerprint density at radius 2 is 1.95 bits per heavy atom. The Morgan fingerprint density at radius 3 is 2.45 bits per heavy atom. The molecule has 0 atom stereocenters. The van der Waals surface area contributed by atoms with E-state index < -0.39 is 17.5 Å². The molecule has 0 aliphatic carbocycles. The first-order valence-corrected chi connectivity index (χ1v) is 6.01. The van der Waals surface area contributed by atoms with Crippen LogP contribution in [0.4, 0.5) is 14.5 Å². The lowest BCUT2D eigenvalue weighted by Gasteiger charge is -2.16. The summed E-state index contributed by atoms with van der Waals surface area (Å²) in [4.78, 5) is 10.4. The lowest BCUT2D eigenvalue weighted by atomic mass is 10.0. The summed E-state index contributed by atoms with van der Waals surface area (Å²) in [7, 11) is 0. The van der Waals surface area contributed by atoms with Gasteiger partial charge < -0.3 is 4.74 Å². The summed E-state index contributed by atoms with van der Waals surface area (Å²) in [6, 6.07) is 3.01. The van der Waals surface area contributed by atoms with Gasteiger partial charge in [-0.3, -0.25) is 10.1 Å². The predicted octanol–water partition coefficient (Wildman–Crippen LogP) is 3.94. The van der Waals surface area contributed by atoms with Gasteiger partial charge in [0.25, 0.3) is 11.6 Å². The van der Waals surface area contributed by atoms with E-state index in [1.807, 2.05) is 0 Å². The first-order chi connectivity index (χ1) is 9.15. The van der Waals surface area contributed by atoms with Crippen LogP contribution in [0.25, 0.3) is 0 Å². The fraction of sp³-hybridized carbons (Fsp3) is 0.429. The molecule has 0 radical (unpaired) electrons. The number of rotatable bonds is 6. The maximum atomic E-state index is 13.3. The molecule has 0 N–H and O–H groups in total. The van der Waals surface area contributed by atoms with E-state index in [4.69, 9.17) is 4.74 Å². The van der Waals surface area contributed by atoms with Gasteiger partial charge >= 0.3 is 0 Å². The molecular weight excluding hydrogens is 268 g/mol. The third-order valence-corrected chi connectivity index (χ3v) is 3.06. The molecule has 0 unspecified atom stereocenters. The van der Waals surface area contributed by atoms with Gasteiger partial charge in [-0.05, 0) is 43.5 Å². The number of ether oxygens (including phenoxy) is 1. The summed E-state index contributed by atoms with van der Waals surface area (Å²) < 4.78 is 31.5. The Morgan fingerprint density at radius 1 is 1.40 bits per heavy atom. The van der Waals surface area contributed by atoms with Gasteiger partial charge in [0, 0.05) is 6.07 Å². The van der Waals surface area contributed by atoms with Crippen molar-refractivity contribution in [1.82, 2.24) is 0 Å². The Bertz CT molecular complexity index is 541. The van der Waals surface area contributed by atoms with E-state index in [9.17, 15) is 18.9 Å². The van der Waals surface area contributed by atoms with Gasteiger partial charge in [0.1, 0.15) is 6.61 Å². The molecule has 1 rings (SSSR count). The van der Waals surface area contributed by atoms with Crippen LogP contribution < -0.4 is 0 Å². The number of hydrogen-bond acceptors (Lipinski definition) is 3. The molecule has 4 nitrogen and oxygen atoms in total. The van der Waals surface area contributed by atoms with Crippen LogP contribution >= 0.6 is 0 Å². The quantitative estimate of drug-likeness (QED) is 0.452. The van der Waals surface area contributed by atoms with Gasteiger partial charge in [0.2, 0.25) is 0 Å². The molecule has 110 valence electrons. The summed E-state index contributed by atoms with van der Waals surface area (Å²) in [6.07, 6.45) is 0. The number of benzene rings is 1. The fourth-order valence-electron chi connectivity index (χ4n) is 1.56. The van der Waals surface area contributed by atoms with Crippen LogP contribution in [0.5, 0.6) is 0 Å². The van der Waals surface area contributed by atoms with E-state index in [0.717, 1.165) is 11.1 Å². The molecule has 1 aromatic carbocycles. The van der Waals surface area contributed by atoms with E-state index >= 15 is 0 Å². The molecule has 20 heavy (non-hydrogen) atoms. The maximum Gasteiger partial charge on any atom is 0.291 e. The highest BCUT2D eigenvalue weighted by Crippen LogP contribution is 2.26. The molecule has 1 aromatic rings. The molecular formula is C14H17F2NO3. The van der Waals surface area contributed by atoms with Crippen molar-refractivity contribution in [2.24, 2.45) is 0 Å². The molecule has 0 saturated heterocycles. The molecule has 0 spiro atoms. The molecule has 0 aliphatic rings. The van der Waals surface area contributed by atoms with E-state index in [1.54, 1.807) is 19.9 Å². The van der Waals surface area contributed by atoms with Crippen LogP contribution in [-0.2, 0) is 11.3 Å². The highest BCUT2D eigenvalue weighted by molar-refractivity contribution is 5.46. The SMILES string of the molecule is C=C(C)C(F)(F)COCc1cc(C)c(C)cc1[N+](=O)[O-]. The van der Waals surface area contributed by atoms with E-state index in [0.29, 0.717) is 0 Å². The number of aryl methyl sites for hydroxylation is 2. The number of alkyl halides is 2. The third kappa shape index (κ3) is 3.84. The van der Waals surface area contributed by atoms with Gasteiger partial charge in [-0.15, -0.1) is 0 Å². The van der Waals surface area contributed by atoms with Gasteiger partial charge in [-0.2, -0.15) is 8.78 Å². The van der Waals surface area contributed by atoms with Crippen molar-refractivity contribution in [3.05, 3.63) is 51.1 Å². The summed E-state index contributed by atoms with van der Waals surface area (Å²) in [5.74, 6) is -3.13. The minimum atomic E-state index is -3.13. The number of halogens is 2. The Labute approximate surface area is 116 Å². The lowest BCUT2D eigenvalue weighted by molar-refractivity contribution is -0.386. The van der Waals surface area contributed by atoms with E-state index in [1.165, 1.54) is 13.0 Å². The molecule has 0 heterocycles. The molecule has 0 bridgehead atoms. The lowest BCUT2D eigenvalue weighted by Crippen LogP contribution is -2.24. The van der Waals surface area contributed by atoms with Crippen LogP contribution in [0, 0.1) is 24.0 Å². The molecule has 0 fully saturated rings. The minimum Gasteiger partial charge on any atom is -0.370 e. The number of hydrogen-bond donors (Lipinski definition) is 0. The first-order valence-electron chi connectivity index (χ1n) is 6.01. The van der Waals surface area contributed by atoms with Crippen LogP contribution in [-0.4, -0.2) is 17.5 Å². The highest BCUT2D eigenvalue weighted by Gasteiger charge is 2.30. The monoisotopic (exact) mass is 285 g/mol. The van der Waals surface area contributed by atoms with Crippen molar-refractivity contribution < 1.29 is 18.4 Å². The summed E-state index contributed by atoms with van der Waals surface area (Å²) >= 11 is 0. The van der Waals surface area contributed by atoms with Crippen LogP contribution in [0.2, 0.25) is 0 Å². The Hall–Kier alpha value is -1.82. The summed E-state index contributed by atoms with van der Waals surface area (Å²) in [6.45, 7) is 6.87. The highest BCUT2D eigenvalue weighted by atomic mass is 19.3. The predicted molar refractivity (Wildman–Crippen MR) is 72.0 cm³/mol. The zero-order valence-corrected chi connectivity index (χ0v) is 11.7. The first kappa shape index (κ1) is 16.2. The molecule has 0 saturated carbocycles. The zero-order valence-electron chi connectivity index (χ0n) is 11.7. The van der Waals surface area contributed by atoms with E-state index in [2.05, 4.69) is 6.58 Å². The van der Waals surface area contributed by atoms with Crippen molar-refractivity contribution >= 4 is 5.69 Å². The average molecular weight is 285 g/mol. The Kier molecular flexibility index (Phi) is 4.94. The van der Waals surface area contributed by atoms with E-state index in [-0.39, 0.29) is 23.4 Å². The average Bonchev–Trinajstić information content (AvgIpc) is 2.32. The van der Waals surface area contributed by atoms with Crippen molar-refractivity contribution in [2.75, 3.05) is 6.61 Å². The second-order valence-corrected chi connectivity index (χ2v) is 4.80. The van der Waals surface area contributed by atoms with Gasteiger partial charge in [0.05, 0.1) is 17.1 Å². The van der Waals surface area contributed by atoms with Gasteiger partial charge in [0.15, 0.2) is 0 Å². The van der Waals surface area contributed by atoms with Crippen LogP contribution in [0.1, 0.15) is 23.6 Å². The number of nitrogens with zero attached hydrogens (tertiary/aromatic N) is 1. The fourth-order valence-corrected chi connectivity index (χ4v) is 1.56. The standard InChI is InChI=1S/C14H17F2NO3/c1-9(2)14(15,16)8-20-7-12-5-10(3)11(4)6-13(12)17(18)19/h5-6H,1,7-8H2,2-4H3. The van der Waals surface area contributed by atoms with Crippen molar-refractivity contribution in [2.45, 2.75) is 33.3 Å². The zero-order chi connectivity index (χ0) is 15.5. The minimum absolute atomic E-state index is 0.119. The third-order valence-electron chi connectivity index (χ3n) is 3.06. The Balaban J connectivity index is 2.85. The van der Waals surface area contributed by atoms with Gasteiger partial charge in [-0.1, -0.05) is 6.58 Å². The topological polar surface area (TPSA) is 52.4 Å².